The second-order valence-corrected chi connectivity index (χ2v) is 25.1. The number of nitrogen functional groups attached to an aromatic ring is 2. The van der Waals surface area contributed by atoms with Crippen molar-refractivity contribution in [2.75, 3.05) is 18.1 Å². The molecule has 0 saturated carbocycles. The fraction of sp³-hybridized carbons (Fsp3) is 0.742. The molecule has 240 valence electrons. The lowest BCUT2D eigenvalue weighted by atomic mass is 10.2. The highest BCUT2D eigenvalue weighted by Gasteiger charge is 2.52. The second kappa shape index (κ2) is 12.7. The Morgan fingerprint density at radius 1 is 0.837 bits per heavy atom. The van der Waals surface area contributed by atoms with Gasteiger partial charge in [0, 0.05) is 12.6 Å². The Morgan fingerprint density at radius 2 is 1.40 bits per heavy atom. The van der Waals surface area contributed by atoms with Crippen molar-refractivity contribution < 1.29 is 13.6 Å². The van der Waals surface area contributed by atoms with Gasteiger partial charge in [-0.05, 0) is 33.2 Å². The van der Waals surface area contributed by atoms with Crippen LogP contribution in [-0.4, -0.2) is 60.0 Å². The average Bonchev–Trinajstić information content (AvgIpc) is 3.51. The Balaban J connectivity index is 1.79. The van der Waals surface area contributed by atoms with Crippen LogP contribution in [0.4, 0.5) is 11.8 Å². The Bertz CT molecular complexity index is 1370. The minimum Gasteiger partial charge on any atom is -0.413 e. The Labute approximate surface area is 260 Å². The summed E-state index contributed by atoms with van der Waals surface area (Å²) in [6.45, 7) is 28.4. The van der Waals surface area contributed by atoms with Crippen LogP contribution in [0.3, 0.4) is 0 Å². The molecule has 0 spiro atoms. The summed E-state index contributed by atoms with van der Waals surface area (Å²) in [6, 6.07) is 0. The summed E-state index contributed by atoms with van der Waals surface area (Å²) in [5, 5.41) is 0.734. The van der Waals surface area contributed by atoms with E-state index in [1.165, 1.54) is 0 Å². The summed E-state index contributed by atoms with van der Waals surface area (Å²) >= 11 is 0. The molecule has 1 fully saturated rings. The fourth-order valence-corrected chi connectivity index (χ4v) is 19.4. The van der Waals surface area contributed by atoms with Crippen LogP contribution in [0.15, 0.2) is 12.5 Å². The van der Waals surface area contributed by atoms with E-state index in [1.807, 2.05) is 4.57 Å². The third-order valence-electron chi connectivity index (χ3n) is 10.1. The number of hydrogen-bond acceptors (Lipinski definition) is 9. The summed E-state index contributed by atoms with van der Waals surface area (Å²) < 4.78 is 23.6. The number of imidazole rings is 1. The first-order valence-corrected chi connectivity index (χ1v) is 20.4. The van der Waals surface area contributed by atoms with Crippen LogP contribution in [-0.2, 0) is 13.6 Å². The van der Waals surface area contributed by atoms with Gasteiger partial charge < -0.3 is 29.6 Å². The van der Waals surface area contributed by atoms with Crippen molar-refractivity contribution in [1.29, 1.82) is 0 Å². The van der Waals surface area contributed by atoms with Crippen molar-refractivity contribution in [3.63, 3.8) is 0 Å². The van der Waals surface area contributed by atoms with E-state index in [9.17, 15) is 0 Å². The normalized spacial score (nSPS) is 20.5. The van der Waals surface area contributed by atoms with Gasteiger partial charge in [0.05, 0.1) is 29.9 Å². The van der Waals surface area contributed by atoms with Crippen molar-refractivity contribution in [1.82, 2.24) is 24.5 Å². The highest BCUT2D eigenvalue weighted by molar-refractivity contribution is 6.78. The molecule has 43 heavy (non-hydrogen) atoms. The molecule has 12 heteroatoms. The molecule has 0 aromatic carbocycles. The number of nitrogens with two attached hydrogens (primary N) is 2. The lowest BCUT2D eigenvalue weighted by Gasteiger charge is -2.45. The predicted octanol–water partition coefficient (Wildman–Crippen LogP) is 7.58. The molecular formula is C31H55N7O3Si2. The minimum atomic E-state index is -2.21. The molecule has 10 nitrogen and oxygen atoms in total. The van der Waals surface area contributed by atoms with E-state index in [4.69, 9.17) is 25.1 Å². The minimum absolute atomic E-state index is 0.114. The van der Waals surface area contributed by atoms with Crippen LogP contribution in [0.5, 0.6) is 0 Å². The number of ether oxygens (including phenoxy) is 1. The highest BCUT2D eigenvalue weighted by atomic mass is 28.4. The zero-order valence-corrected chi connectivity index (χ0v) is 30.4. The number of pyridine rings is 1. The van der Waals surface area contributed by atoms with Crippen LogP contribution in [0.2, 0.25) is 33.2 Å². The molecule has 1 aliphatic heterocycles. The molecule has 4 N–H and O–H groups in total. The van der Waals surface area contributed by atoms with E-state index in [0.717, 1.165) is 10.9 Å². The summed E-state index contributed by atoms with van der Waals surface area (Å²) in [5.41, 5.74) is 16.9. The smallest absolute Gasteiger partial charge is 0.222 e. The molecule has 4 rings (SSSR count). The van der Waals surface area contributed by atoms with Gasteiger partial charge in [0.1, 0.15) is 17.8 Å². The van der Waals surface area contributed by atoms with E-state index in [0.29, 0.717) is 63.3 Å². The van der Waals surface area contributed by atoms with Crippen LogP contribution in [0, 0.1) is 0 Å². The van der Waals surface area contributed by atoms with Gasteiger partial charge in [-0.1, -0.05) is 83.1 Å². The molecule has 0 radical (unpaired) electrons. The molecule has 1 saturated heterocycles. The summed E-state index contributed by atoms with van der Waals surface area (Å²) in [7, 11) is -4.34. The van der Waals surface area contributed by atoms with Gasteiger partial charge in [0.2, 0.25) is 14.3 Å². The van der Waals surface area contributed by atoms with Crippen molar-refractivity contribution >= 4 is 50.5 Å². The number of anilines is 2. The largest absolute Gasteiger partial charge is 0.413 e. The van der Waals surface area contributed by atoms with Crippen LogP contribution >= 0.6 is 0 Å². The van der Waals surface area contributed by atoms with Gasteiger partial charge in [-0.3, -0.25) is 0 Å². The molecule has 3 aromatic heterocycles. The van der Waals surface area contributed by atoms with E-state index in [1.54, 1.807) is 12.5 Å². The average molecular weight is 630 g/mol. The van der Waals surface area contributed by atoms with Crippen LogP contribution < -0.4 is 11.5 Å². The third kappa shape index (κ3) is 5.85. The van der Waals surface area contributed by atoms with Gasteiger partial charge in [-0.2, -0.15) is 4.98 Å². The number of nitrogens with zero attached hydrogens (tertiary/aromatic N) is 5. The molecular weight excluding hydrogens is 575 g/mol. The van der Waals surface area contributed by atoms with Crippen LogP contribution in [0.25, 0.3) is 22.1 Å². The monoisotopic (exact) mass is 629 g/mol. The number of aromatic nitrogens is 5. The lowest BCUT2D eigenvalue weighted by Crippen LogP contribution is -2.53. The standard InChI is InChI=1S/C31H55N7O3Si2/c1-17(2)42(18(3)4,19(5)6)39-15-25-24(41-43(20(7)8,21(9)10)22(11)12)13-26(40-25)38-16-35-27-28(38)23-14-34-31(33)37-30(23)36-29(27)32/h14,16-22,24-26H,13,15H2,1-12H3,(H4,32,33,34,36,37)/t24-,25+,26+/m0/s1. The molecule has 0 unspecified atom stereocenters. The first kappa shape index (κ1) is 33.8. The van der Waals surface area contributed by atoms with Gasteiger partial charge in [0.15, 0.2) is 19.8 Å². The van der Waals surface area contributed by atoms with E-state index >= 15 is 0 Å². The quantitative estimate of drug-likeness (QED) is 0.194. The van der Waals surface area contributed by atoms with Gasteiger partial charge >= 0.3 is 0 Å². The molecule has 3 atom stereocenters. The zero-order valence-electron chi connectivity index (χ0n) is 28.4. The van der Waals surface area contributed by atoms with E-state index in [-0.39, 0.29) is 24.4 Å². The Morgan fingerprint density at radius 3 is 1.93 bits per heavy atom. The maximum absolute atomic E-state index is 7.45. The predicted molar refractivity (Wildman–Crippen MR) is 181 cm³/mol. The van der Waals surface area contributed by atoms with E-state index < -0.39 is 16.6 Å². The van der Waals surface area contributed by atoms with Crippen LogP contribution in [0.1, 0.15) is 95.7 Å². The first-order chi connectivity index (χ1) is 20.1. The molecule has 0 bridgehead atoms. The molecule has 0 aliphatic carbocycles. The van der Waals surface area contributed by atoms with Crippen molar-refractivity contribution in [3.05, 3.63) is 12.5 Å². The fourth-order valence-electron chi connectivity index (χ4n) is 8.38. The Hall–Kier alpha value is -2.13. The van der Waals surface area contributed by atoms with Gasteiger partial charge in [-0.15, -0.1) is 0 Å². The second-order valence-electron chi connectivity index (χ2n) is 14.3. The van der Waals surface area contributed by atoms with Crippen molar-refractivity contribution in [3.8, 4) is 0 Å². The lowest BCUT2D eigenvalue weighted by molar-refractivity contribution is -0.0392. The summed E-state index contributed by atoms with van der Waals surface area (Å²) in [6.07, 6.45) is 3.51. The number of rotatable bonds is 12. The molecule has 3 aromatic rings. The van der Waals surface area contributed by atoms with Crippen molar-refractivity contribution in [2.24, 2.45) is 0 Å². The zero-order chi connectivity index (χ0) is 32.0. The number of hydrogen-bond donors (Lipinski definition) is 2. The molecule has 0 amide bonds. The molecule has 4 heterocycles. The summed E-state index contributed by atoms with van der Waals surface area (Å²) in [5.74, 6) is 0.454. The van der Waals surface area contributed by atoms with Crippen molar-refractivity contribution in [2.45, 2.75) is 141 Å². The Kier molecular flexibility index (Phi) is 9.97. The topological polar surface area (TPSA) is 136 Å². The third-order valence-corrected chi connectivity index (χ3v) is 22.3. The molecule has 1 aliphatic rings. The van der Waals surface area contributed by atoms with Gasteiger partial charge in [-0.25, -0.2) is 15.0 Å². The highest BCUT2D eigenvalue weighted by Crippen LogP contribution is 2.47. The SMILES string of the molecule is CC(C)[Si](OC[C@H]1O[C@@H](n2cnc3c(N)nc4nc(N)ncc4c32)C[C@@H]1O[Si](C(C)C)(C(C)C)C(C)C)(C(C)C)C(C)C. The number of fused-ring (bicyclic) bond motifs is 3. The van der Waals surface area contributed by atoms with Gasteiger partial charge in [0.25, 0.3) is 0 Å². The maximum atomic E-state index is 7.45. The summed E-state index contributed by atoms with van der Waals surface area (Å²) in [4.78, 5) is 17.7. The van der Waals surface area contributed by atoms with E-state index in [2.05, 4.69) is 103 Å². The maximum Gasteiger partial charge on any atom is 0.222 e. The first-order valence-electron chi connectivity index (χ1n) is 16.1.